The Morgan fingerprint density at radius 2 is 1.67 bits per heavy atom. The monoisotopic (exact) mass is 370 g/mol. The molecule has 0 aliphatic heterocycles. The first-order chi connectivity index (χ1) is 13.0. The van der Waals surface area contributed by atoms with E-state index in [1.807, 2.05) is 42.5 Å². The lowest BCUT2D eigenvalue weighted by molar-refractivity contribution is -0.146. The topological polar surface area (TPSA) is 68.0 Å². The molecule has 0 aliphatic carbocycles. The van der Waals surface area contributed by atoms with Crippen LogP contribution < -0.4 is 5.32 Å². The van der Waals surface area contributed by atoms with Crippen LogP contribution in [0.4, 0.5) is 19.0 Å². The van der Waals surface area contributed by atoms with E-state index in [1.165, 1.54) is 6.07 Å². The van der Waals surface area contributed by atoms with Gasteiger partial charge in [0.25, 0.3) is 5.82 Å². The molecular weight excluding hydrogens is 357 g/mol. The fraction of sp³-hybridized carbons (Fsp3) is 0.111. The van der Waals surface area contributed by atoms with Crippen LogP contribution in [0, 0.1) is 0 Å². The zero-order chi connectivity index (χ0) is 18.9. The van der Waals surface area contributed by atoms with E-state index in [0.717, 1.165) is 5.56 Å². The largest absolute Gasteiger partial charge is 0.453 e. The lowest BCUT2D eigenvalue weighted by Crippen LogP contribution is -2.17. The third-order valence-corrected chi connectivity index (χ3v) is 3.93. The second kappa shape index (κ2) is 6.67. The highest BCUT2D eigenvalue weighted by Gasteiger charge is 2.37. The molecule has 9 heteroatoms. The highest BCUT2D eigenvalue weighted by molar-refractivity contribution is 5.47. The Hall–Kier alpha value is -3.49. The van der Waals surface area contributed by atoms with Crippen molar-refractivity contribution in [2.75, 3.05) is 5.32 Å². The predicted octanol–water partition coefficient (Wildman–Crippen LogP) is 3.74. The summed E-state index contributed by atoms with van der Waals surface area (Å²) in [6.45, 7) is 0. The van der Waals surface area contributed by atoms with Crippen molar-refractivity contribution in [3.63, 3.8) is 0 Å². The molecule has 1 aromatic carbocycles. The third kappa shape index (κ3) is 3.43. The van der Waals surface area contributed by atoms with Gasteiger partial charge in [-0.05, 0) is 29.8 Å². The molecule has 0 aliphatic rings. The van der Waals surface area contributed by atoms with Crippen LogP contribution >= 0.6 is 0 Å². The van der Waals surface area contributed by atoms with Crippen molar-refractivity contribution < 1.29 is 13.2 Å². The van der Waals surface area contributed by atoms with Gasteiger partial charge in [0.2, 0.25) is 0 Å². The molecule has 1 N–H and O–H groups in total. The number of anilines is 1. The van der Waals surface area contributed by atoms with Gasteiger partial charge < -0.3 is 5.32 Å². The molecule has 27 heavy (non-hydrogen) atoms. The molecule has 0 radical (unpaired) electrons. The smallest absolute Gasteiger partial charge is 0.356 e. The zero-order valence-electron chi connectivity index (χ0n) is 13.8. The number of halogens is 3. The van der Waals surface area contributed by atoms with Crippen LogP contribution in [0.25, 0.3) is 5.65 Å². The molecule has 0 fully saturated rings. The van der Waals surface area contributed by atoms with E-state index in [-0.39, 0.29) is 17.5 Å². The molecule has 0 unspecified atom stereocenters. The Morgan fingerprint density at radius 1 is 0.889 bits per heavy atom. The van der Waals surface area contributed by atoms with Crippen LogP contribution in [0.1, 0.15) is 23.1 Å². The maximum atomic E-state index is 13.1. The van der Waals surface area contributed by atoms with E-state index in [1.54, 1.807) is 18.3 Å². The van der Waals surface area contributed by atoms with E-state index >= 15 is 0 Å². The van der Waals surface area contributed by atoms with Crippen molar-refractivity contribution >= 4 is 11.5 Å². The maximum Gasteiger partial charge on any atom is 0.453 e. The van der Waals surface area contributed by atoms with Crippen LogP contribution in [-0.2, 0) is 6.18 Å². The first kappa shape index (κ1) is 17.0. The summed E-state index contributed by atoms with van der Waals surface area (Å²) in [5.41, 5.74) is 1.63. The standard InChI is InChI=1S/C18H13F3N6/c19-18(20,21)17-25-24-15-10-9-14(26-27(15)17)23-16(12-6-2-1-3-7-12)13-8-4-5-11-22-13/h1-11,16H,(H,23,26)/t16-/m0/s1. The summed E-state index contributed by atoms with van der Waals surface area (Å²) in [5.74, 6) is -0.928. The summed E-state index contributed by atoms with van der Waals surface area (Å²) in [4.78, 5) is 4.36. The first-order valence-electron chi connectivity index (χ1n) is 8.04. The molecule has 4 aromatic rings. The molecule has 136 valence electrons. The average Bonchev–Trinajstić information content (AvgIpc) is 3.11. The molecule has 0 saturated heterocycles. The van der Waals surface area contributed by atoms with E-state index in [2.05, 4.69) is 25.6 Å². The van der Waals surface area contributed by atoms with Gasteiger partial charge in [-0.15, -0.1) is 15.3 Å². The van der Waals surface area contributed by atoms with Gasteiger partial charge in [0.05, 0.1) is 11.7 Å². The number of nitrogens with one attached hydrogen (secondary N) is 1. The van der Waals surface area contributed by atoms with E-state index in [0.29, 0.717) is 10.2 Å². The average molecular weight is 370 g/mol. The van der Waals surface area contributed by atoms with Crippen molar-refractivity contribution in [1.29, 1.82) is 0 Å². The highest BCUT2D eigenvalue weighted by Crippen LogP contribution is 2.28. The zero-order valence-corrected chi connectivity index (χ0v) is 13.8. The molecule has 0 saturated carbocycles. The minimum atomic E-state index is -4.65. The number of aromatic nitrogens is 5. The van der Waals surface area contributed by atoms with Crippen molar-refractivity contribution in [3.8, 4) is 0 Å². The lowest BCUT2D eigenvalue weighted by Gasteiger charge is -2.19. The van der Waals surface area contributed by atoms with Crippen molar-refractivity contribution in [3.05, 3.63) is 83.9 Å². The molecule has 3 heterocycles. The number of nitrogens with zero attached hydrogens (tertiary/aromatic N) is 5. The van der Waals surface area contributed by atoms with Crippen LogP contribution in [0.2, 0.25) is 0 Å². The Morgan fingerprint density at radius 3 is 2.37 bits per heavy atom. The summed E-state index contributed by atoms with van der Waals surface area (Å²) >= 11 is 0. The van der Waals surface area contributed by atoms with Gasteiger partial charge in [-0.25, -0.2) is 0 Å². The molecule has 4 rings (SSSR count). The van der Waals surface area contributed by atoms with Gasteiger partial charge in [-0.2, -0.15) is 17.7 Å². The van der Waals surface area contributed by atoms with Gasteiger partial charge in [-0.3, -0.25) is 4.98 Å². The highest BCUT2D eigenvalue weighted by atomic mass is 19.4. The fourth-order valence-corrected chi connectivity index (χ4v) is 2.71. The number of alkyl halides is 3. The third-order valence-electron chi connectivity index (χ3n) is 3.93. The van der Waals surface area contributed by atoms with E-state index < -0.39 is 12.0 Å². The molecule has 6 nitrogen and oxygen atoms in total. The second-order valence-corrected chi connectivity index (χ2v) is 5.75. The van der Waals surface area contributed by atoms with Gasteiger partial charge >= 0.3 is 6.18 Å². The van der Waals surface area contributed by atoms with Crippen molar-refractivity contribution in [2.24, 2.45) is 0 Å². The Labute approximate surface area is 151 Å². The van der Waals surface area contributed by atoms with Gasteiger partial charge in [-0.1, -0.05) is 36.4 Å². The molecular formula is C18H13F3N6. The Bertz CT molecular complexity index is 1010. The quantitative estimate of drug-likeness (QED) is 0.593. The summed E-state index contributed by atoms with van der Waals surface area (Å²) in [6.07, 6.45) is -2.99. The maximum absolute atomic E-state index is 13.1. The predicted molar refractivity (Wildman–Crippen MR) is 91.9 cm³/mol. The van der Waals surface area contributed by atoms with Crippen molar-refractivity contribution in [1.82, 2.24) is 24.8 Å². The molecule has 1 atom stereocenters. The van der Waals surface area contributed by atoms with Crippen molar-refractivity contribution in [2.45, 2.75) is 12.2 Å². The number of hydrogen-bond donors (Lipinski definition) is 1. The Kier molecular flexibility index (Phi) is 4.19. The number of rotatable bonds is 4. The number of pyridine rings is 1. The minimum absolute atomic E-state index is 0.0157. The fourth-order valence-electron chi connectivity index (χ4n) is 2.71. The summed E-state index contributed by atoms with van der Waals surface area (Å²) in [6, 6.07) is 17.5. The Balaban J connectivity index is 1.75. The van der Waals surface area contributed by atoms with E-state index in [4.69, 9.17) is 0 Å². The summed E-state index contributed by atoms with van der Waals surface area (Å²) in [5, 5.41) is 13.9. The van der Waals surface area contributed by atoms with Gasteiger partial charge in [0, 0.05) is 6.20 Å². The summed E-state index contributed by atoms with van der Waals surface area (Å²) < 4.78 is 39.9. The lowest BCUT2D eigenvalue weighted by atomic mass is 10.0. The van der Waals surface area contributed by atoms with Crippen LogP contribution in [-0.4, -0.2) is 24.8 Å². The SMILES string of the molecule is FC(F)(F)c1nnc2ccc(N[C@@H](c3ccccc3)c3ccccn3)nn12. The normalized spacial score (nSPS) is 12.9. The first-order valence-corrected chi connectivity index (χ1v) is 8.04. The summed E-state index contributed by atoms with van der Waals surface area (Å²) in [7, 11) is 0. The van der Waals surface area contributed by atoms with Gasteiger partial charge in [0.15, 0.2) is 5.65 Å². The molecule has 0 amide bonds. The van der Waals surface area contributed by atoms with E-state index in [9.17, 15) is 13.2 Å². The van der Waals surface area contributed by atoms with Crippen LogP contribution in [0.3, 0.4) is 0 Å². The molecule has 0 bridgehead atoms. The number of fused-ring (bicyclic) bond motifs is 1. The number of hydrogen-bond acceptors (Lipinski definition) is 5. The van der Waals surface area contributed by atoms with Crippen LogP contribution in [0.15, 0.2) is 66.9 Å². The second-order valence-electron chi connectivity index (χ2n) is 5.75. The minimum Gasteiger partial charge on any atom is -0.356 e. The molecule has 3 aromatic heterocycles. The number of benzene rings is 1. The van der Waals surface area contributed by atoms with Crippen LogP contribution in [0.5, 0.6) is 0 Å². The molecule has 0 spiro atoms. The van der Waals surface area contributed by atoms with Gasteiger partial charge in [0.1, 0.15) is 5.82 Å².